The number of methoxy groups -OCH3 is 4. The lowest BCUT2D eigenvalue weighted by Crippen LogP contribution is -2.49. The van der Waals surface area contributed by atoms with Crippen molar-refractivity contribution < 1.29 is 38.3 Å². The molecule has 11 heteroatoms. The highest BCUT2D eigenvalue weighted by Gasteiger charge is 2.53. The summed E-state index contributed by atoms with van der Waals surface area (Å²) in [5, 5.41) is 12.2. The Bertz CT molecular complexity index is 1720. The predicted octanol–water partition coefficient (Wildman–Crippen LogP) is 6.06. The van der Waals surface area contributed by atoms with E-state index in [-0.39, 0.29) is 25.5 Å². The first-order valence-corrected chi connectivity index (χ1v) is 16.2. The number of hydrogen-bond acceptors (Lipinski definition) is 9. The summed E-state index contributed by atoms with van der Waals surface area (Å²) in [5.74, 6) is 2.79. The van der Waals surface area contributed by atoms with Crippen molar-refractivity contribution in [2.24, 2.45) is 4.99 Å². The molecule has 4 aromatic carbocycles. The van der Waals surface area contributed by atoms with Crippen LogP contribution in [0.4, 0.5) is 0 Å². The van der Waals surface area contributed by atoms with Crippen molar-refractivity contribution in [3.8, 4) is 28.7 Å². The molecule has 1 heterocycles. The molecule has 0 bridgehead atoms. The summed E-state index contributed by atoms with van der Waals surface area (Å²) < 4.78 is 35.5. The van der Waals surface area contributed by atoms with Crippen molar-refractivity contribution >= 4 is 27.7 Å². The molecule has 0 spiro atoms. The second kappa shape index (κ2) is 15.9. The van der Waals surface area contributed by atoms with Crippen molar-refractivity contribution in [3.05, 3.63) is 112 Å². The first-order chi connectivity index (χ1) is 23.3. The largest absolute Gasteiger partial charge is 0.497 e. The van der Waals surface area contributed by atoms with Gasteiger partial charge in [0.05, 0.1) is 47.2 Å². The van der Waals surface area contributed by atoms with Crippen LogP contribution in [0.5, 0.6) is 28.7 Å². The molecular formula is C37H39BrN2O8. The summed E-state index contributed by atoms with van der Waals surface area (Å²) in [6, 6.07) is 26.0. The molecule has 0 aromatic heterocycles. The Kier molecular flexibility index (Phi) is 11.5. The molecule has 2 N–H and O–H groups in total. The van der Waals surface area contributed by atoms with Gasteiger partial charge in [-0.15, -0.1) is 0 Å². The summed E-state index contributed by atoms with van der Waals surface area (Å²) in [7, 11) is 6.26. The van der Waals surface area contributed by atoms with E-state index in [0.29, 0.717) is 58.8 Å². The Morgan fingerprint density at radius 1 is 0.875 bits per heavy atom. The maximum absolute atomic E-state index is 14.8. The maximum atomic E-state index is 14.8. The fourth-order valence-electron chi connectivity index (χ4n) is 5.59. The Balaban J connectivity index is 1.60. The molecule has 10 nitrogen and oxygen atoms in total. The van der Waals surface area contributed by atoms with E-state index in [0.717, 1.165) is 15.6 Å². The van der Waals surface area contributed by atoms with Gasteiger partial charge in [-0.25, -0.2) is 4.99 Å². The van der Waals surface area contributed by atoms with E-state index in [1.807, 2.05) is 72.8 Å². The number of amides is 1. The molecule has 0 radical (unpaired) electrons. The second-order valence-electron chi connectivity index (χ2n) is 11.0. The van der Waals surface area contributed by atoms with Crippen LogP contribution in [0.2, 0.25) is 0 Å². The first kappa shape index (κ1) is 34.6. The summed E-state index contributed by atoms with van der Waals surface area (Å²) in [6.07, 6.45) is -0.0825. The third-order valence-electron chi connectivity index (χ3n) is 8.09. The molecule has 48 heavy (non-hydrogen) atoms. The maximum Gasteiger partial charge on any atom is 0.252 e. The Morgan fingerprint density at radius 3 is 2.23 bits per heavy atom. The molecule has 0 aliphatic carbocycles. The molecule has 0 saturated carbocycles. The number of rotatable bonds is 15. The van der Waals surface area contributed by atoms with E-state index >= 15 is 0 Å². The lowest BCUT2D eigenvalue weighted by atomic mass is 9.82. The average molecular weight is 720 g/mol. The molecule has 1 aliphatic heterocycles. The van der Waals surface area contributed by atoms with Crippen molar-refractivity contribution in [2.75, 3.05) is 41.7 Å². The van der Waals surface area contributed by atoms with E-state index in [2.05, 4.69) is 21.2 Å². The van der Waals surface area contributed by atoms with Gasteiger partial charge in [-0.2, -0.15) is 0 Å². The summed E-state index contributed by atoms with van der Waals surface area (Å²) in [4.78, 5) is 19.9. The number of carbonyl (C=O) groups excluding carboxylic acids is 1. The number of hydrogen-bond donors (Lipinski definition) is 2. The van der Waals surface area contributed by atoms with Crippen LogP contribution in [0, 0.1) is 0 Å². The number of carbonyl (C=O) groups is 1. The number of nitrogens with zero attached hydrogens (tertiary/aromatic N) is 1. The summed E-state index contributed by atoms with van der Waals surface area (Å²) in [5.41, 5.74) is 1.47. The monoisotopic (exact) mass is 718 g/mol. The van der Waals surface area contributed by atoms with Gasteiger partial charge >= 0.3 is 0 Å². The molecule has 0 saturated heterocycles. The van der Waals surface area contributed by atoms with Gasteiger partial charge in [0, 0.05) is 41.6 Å². The normalized spacial score (nSPS) is 16.8. The molecule has 0 unspecified atom stereocenters. The molecular weight excluding hydrogens is 680 g/mol. The van der Waals surface area contributed by atoms with Gasteiger partial charge in [0.2, 0.25) is 5.90 Å². The minimum atomic E-state index is -1.45. The Hall–Kier alpha value is -4.74. The third-order valence-corrected chi connectivity index (χ3v) is 8.86. The highest BCUT2D eigenvalue weighted by molar-refractivity contribution is 9.10. The van der Waals surface area contributed by atoms with Crippen molar-refractivity contribution in [3.63, 3.8) is 0 Å². The van der Waals surface area contributed by atoms with Gasteiger partial charge in [0.15, 0.2) is 11.6 Å². The number of benzene rings is 4. The molecule has 0 fully saturated rings. The number of ether oxygens (including phenoxy) is 6. The number of aliphatic hydroxyl groups is 1. The second-order valence-corrected chi connectivity index (χ2v) is 11.9. The van der Waals surface area contributed by atoms with Crippen LogP contribution < -0.4 is 29.0 Å². The third kappa shape index (κ3) is 7.53. The van der Waals surface area contributed by atoms with Crippen LogP contribution in [0.1, 0.15) is 34.8 Å². The first-order valence-electron chi connectivity index (χ1n) is 15.4. The van der Waals surface area contributed by atoms with Crippen LogP contribution >= 0.6 is 15.9 Å². The van der Waals surface area contributed by atoms with Gasteiger partial charge in [-0.3, -0.25) is 4.79 Å². The zero-order valence-electron chi connectivity index (χ0n) is 27.3. The van der Waals surface area contributed by atoms with Gasteiger partial charge in [-0.05, 0) is 53.6 Å². The van der Waals surface area contributed by atoms with Crippen LogP contribution in [-0.4, -0.2) is 64.1 Å². The highest BCUT2D eigenvalue weighted by atomic mass is 79.9. The van der Waals surface area contributed by atoms with Crippen LogP contribution in [0.25, 0.3) is 0 Å². The standard InChI is InChI=1S/C37H39BrN2O8/c1-43-28-11-7-10-25(19-28)34-37(22-26-9-5-6-12-31(26)38,40-35(48-34)24-13-15-27(16-14-24)47-18-8-17-41)36(42)39-23-30-32(45-3)20-29(44-2)21-33(30)46-4/h5-7,9-16,19-21,34,41H,8,17-18,22-23H2,1-4H3,(H,39,42)/t34-,37-/m1/s1. The SMILES string of the molecule is COc1cccc([C@H]2OC(c3ccc(OCCCO)cc3)=N[C@@]2(Cc2ccccc2Br)C(=O)NCc2c(OC)cc(OC)cc2OC)c1. The highest BCUT2D eigenvalue weighted by Crippen LogP contribution is 2.44. The van der Waals surface area contributed by atoms with Crippen molar-refractivity contribution in [1.29, 1.82) is 0 Å². The van der Waals surface area contributed by atoms with Gasteiger partial charge in [-0.1, -0.05) is 46.3 Å². The fourth-order valence-corrected chi connectivity index (χ4v) is 6.02. The van der Waals surface area contributed by atoms with E-state index in [4.69, 9.17) is 38.5 Å². The number of aliphatic imine (C=N–C) groups is 1. The zero-order chi connectivity index (χ0) is 34.1. The summed E-state index contributed by atoms with van der Waals surface area (Å²) >= 11 is 3.68. The minimum absolute atomic E-state index is 0.0497. The quantitative estimate of drug-likeness (QED) is 0.143. The fraction of sp³-hybridized carbons (Fsp3) is 0.297. The van der Waals surface area contributed by atoms with E-state index in [9.17, 15) is 4.79 Å². The molecule has 252 valence electrons. The van der Waals surface area contributed by atoms with E-state index < -0.39 is 11.6 Å². The summed E-state index contributed by atoms with van der Waals surface area (Å²) in [6.45, 7) is 0.529. The Morgan fingerprint density at radius 2 is 1.58 bits per heavy atom. The van der Waals surface area contributed by atoms with E-state index in [1.165, 1.54) is 0 Å². The number of halogens is 1. The molecule has 5 rings (SSSR count). The lowest BCUT2D eigenvalue weighted by molar-refractivity contribution is -0.129. The van der Waals surface area contributed by atoms with E-state index in [1.54, 1.807) is 40.6 Å². The van der Waals surface area contributed by atoms with Gasteiger partial charge in [0.1, 0.15) is 28.7 Å². The van der Waals surface area contributed by atoms with Crippen molar-refractivity contribution in [1.82, 2.24) is 5.32 Å². The Labute approximate surface area is 288 Å². The number of nitrogens with one attached hydrogen (secondary N) is 1. The predicted molar refractivity (Wildman–Crippen MR) is 186 cm³/mol. The zero-order valence-corrected chi connectivity index (χ0v) is 28.9. The molecule has 2 atom stereocenters. The van der Waals surface area contributed by atoms with Crippen LogP contribution in [0.3, 0.4) is 0 Å². The van der Waals surface area contributed by atoms with Crippen LogP contribution in [-0.2, 0) is 22.5 Å². The lowest BCUT2D eigenvalue weighted by Gasteiger charge is -2.31. The number of aliphatic hydroxyl groups excluding tert-OH is 1. The van der Waals surface area contributed by atoms with Gasteiger partial charge in [0.25, 0.3) is 5.91 Å². The minimum Gasteiger partial charge on any atom is -0.497 e. The average Bonchev–Trinajstić information content (AvgIpc) is 3.52. The molecule has 4 aromatic rings. The van der Waals surface area contributed by atoms with Gasteiger partial charge < -0.3 is 38.8 Å². The molecule has 1 amide bonds. The molecule has 1 aliphatic rings. The smallest absolute Gasteiger partial charge is 0.252 e. The topological polar surface area (TPSA) is 117 Å². The van der Waals surface area contributed by atoms with Crippen molar-refractivity contribution in [2.45, 2.75) is 31.0 Å². The van der Waals surface area contributed by atoms with Crippen LogP contribution in [0.15, 0.2) is 94.4 Å².